The lowest BCUT2D eigenvalue weighted by atomic mass is 10.1. The van der Waals surface area contributed by atoms with Crippen LogP contribution in [0.25, 0.3) is 0 Å². The molecule has 2 amide bonds. The van der Waals surface area contributed by atoms with Crippen molar-refractivity contribution in [1.82, 2.24) is 9.80 Å². The number of methoxy groups -OCH3 is 2. The molecule has 156 valence electrons. The van der Waals surface area contributed by atoms with Crippen molar-refractivity contribution in [2.24, 2.45) is 5.92 Å². The Labute approximate surface area is 183 Å². The van der Waals surface area contributed by atoms with Gasteiger partial charge in [-0.15, -0.1) is 11.3 Å². The minimum atomic E-state index is -0.277. The zero-order chi connectivity index (χ0) is 21.0. The van der Waals surface area contributed by atoms with E-state index in [1.54, 1.807) is 42.4 Å². The first-order valence-electron chi connectivity index (χ1n) is 9.37. The largest absolute Gasteiger partial charge is 0.493 e. The fourth-order valence-corrected chi connectivity index (χ4v) is 5.02. The Balaban J connectivity index is 1.55. The number of halogens is 1. The molecule has 1 aliphatic heterocycles. The van der Waals surface area contributed by atoms with Gasteiger partial charge < -0.3 is 19.3 Å². The van der Waals surface area contributed by atoms with Crippen molar-refractivity contribution in [3.8, 4) is 11.5 Å². The van der Waals surface area contributed by atoms with Crippen molar-refractivity contribution in [2.75, 3.05) is 34.4 Å². The number of hydrogen-bond donors (Lipinski definition) is 0. The van der Waals surface area contributed by atoms with E-state index >= 15 is 0 Å². The number of hydrogen-bond acceptors (Lipinski definition) is 5. The van der Waals surface area contributed by atoms with Crippen LogP contribution in [0.4, 0.5) is 0 Å². The predicted molar refractivity (Wildman–Crippen MR) is 116 cm³/mol. The second-order valence-electron chi connectivity index (χ2n) is 7.11. The maximum Gasteiger partial charge on any atom is 0.228 e. The van der Waals surface area contributed by atoms with Gasteiger partial charge in [0.25, 0.3) is 0 Å². The van der Waals surface area contributed by atoms with Crippen LogP contribution in [0.1, 0.15) is 16.9 Å². The van der Waals surface area contributed by atoms with Crippen molar-refractivity contribution in [1.29, 1.82) is 0 Å². The second kappa shape index (κ2) is 9.63. The van der Waals surface area contributed by atoms with Gasteiger partial charge in [0, 0.05) is 41.3 Å². The van der Waals surface area contributed by atoms with E-state index in [1.807, 2.05) is 29.6 Å². The van der Waals surface area contributed by atoms with Crippen LogP contribution in [0, 0.1) is 5.92 Å². The second-order valence-corrected chi connectivity index (χ2v) is 9.02. The van der Waals surface area contributed by atoms with Gasteiger partial charge in [-0.2, -0.15) is 0 Å². The van der Waals surface area contributed by atoms with Crippen LogP contribution in [0.2, 0.25) is 0 Å². The SMILES string of the molecule is COc1ccc(CCN2CC(C(=O)N(C)Cc3cc(Br)cs3)CC2=O)cc1OC. The first-order valence-corrected chi connectivity index (χ1v) is 11.0. The van der Waals surface area contributed by atoms with Crippen molar-refractivity contribution in [3.05, 3.63) is 44.6 Å². The molecule has 0 spiro atoms. The molecule has 2 aromatic rings. The summed E-state index contributed by atoms with van der Waals surface area (Å²) in [6, 6.07) is 7.78. The molecule has 29 heavy (non-hydrogen) atoms. The maximum absolute atomic E-state index is 12.8. The third kappa shape index (κ3) is 5.30. The zero-order valence-corrected chi connectivity index (χ0v) is 19.2. The quantitative estimate of drug-likeness (QED) is 0.579. The molecule has 2 heterocycles. The van der Waals surface area contributed by atoms with Crippen molar-refractivity contribution in [3.63, 3.8) is 0 Å². The summed E-state index contributed by atoms with van der Waals surface area (Å²) in [6.07, 6.45) is 0.981. The number of ether oxygens (including phenoxy) is 2. The lowest BCUT2D eigenvalue weighted by molar-refractivity contribution is -0.135. The third-order valence-electron chi connectivity index (χ3n) is 5.07. The molecule has 0 N–H and O–H groups in total. The van der Waals surface area contributed by atoms with E-state index in [2.05, 4.69) is 15.9 Å². The average molecular weight is 481 g/mol. The Kier molecular flexibility index (Phi) is 7.18. The summed E-state index contributed by atoms with van der Waals surface area (Å²) in [7, 11) is 5.01. The van der Waals surface area contributed by atoms with Crippen LogP contribution in [0.15, 0.2) is 34.1 Å². The highest BCUT2D eigenvalue weighted by molar-refractivity contribution is 9.10. The highest BCUT2D eigenvalue weighted by Crippen LogP contribution is 2.28. The summed E-state index contributed by atoms with van der Waals surface area (Å²) >= 11 is 5.05. The molecular weight excluding hydrogens is 456 g/mol. The number of rotatable bonds is 8. The number of carbonyl (C=O) groups is 2. The van der Waals surface area contributed by atoms with Crippen molar-refractivity contribution in [2.45, 2.75) is 19.4 Å². The van der Waals surface area contributed by atoms with Gasteiger partial charge in [-0.3, -0.25) is 9.59 Å². The Morgan fingerprint density at radius 2 is 2.03 bits per heavy atom. The summed E-state index contributed by atoms with van der Waals surface area (Å²) in [6.45, 7) is 1.62. The van der Waals surface area contributed by atoms with Gasteiger partial charge in [0.05, 0.1) is 26.7 Å². The van der Waals surface area contributed by atoms with Gasteiger partial charge in [-0.05, 0) is 46.1 Å². The molecule has 1 saturated heterocycles. The summed E-state index contributed by atoms with van der Waals surface area (Å²) in [5, 5.41) is 2.00. The van der Waals surface area contributed by atoms with Crippen LogP contribution in [-0.4, -0.2) is 56.0 Å². The Morgan fingerprint density at radius 3 is 2.69 bits per heavy atom. The number of carbonyl (C=O) groups excluding carboxylic acids is 2. The molecule has 0 aliphatic carbocycles. The molecule has 1 aromatic carbocycles. The molecule has 0 radical (unpaired) electrons. The van der Waals surface area contributed by atoms with Crippen molar-refractivity contribution < 1.29 is 19.1 Å². The third-order valence-corrected chi connectivity index (χ3v) is 6.76. The fraction of sp³-hybridized carbons (Fsp3) is 0.429. The van der Waals surface area contributed by atoms with Gasteiger partial charge in [-0.25, -0.2) is 0 Å². The Bertz CT molecular complexity index is 885. The van der Waals surface area contributed by atoms with Crippen LogP contribution >= 0.6 is 27.3 Å². The van der Waals surface area contributed by atoms with Gasteiger partial charge in [-0.1, -0.05) is 6.07 Å². The van der Waals surface area contributed by atoms with Crippen molar-refractivity contribution >= 4 is 39.1 Å². The molecule has 6 nitrogen and oxygen atoms in total. The van der Waals surface area contributed by atoms with E-state index in [1.165, 1.54) is 0 Å². The van der Waals surface area contributed by atoms with E-state index in [0.29, 0.717) is 37.6 Å². The summed E-state index contributed by atoms with van der Waals surface area (Å²) in [5.41, 5.74) is 1.06. The van der Waals surface area contributed by atoms with E-state index in [9.17, 15) is 9.59 Å². The van der Waals surface area contributed by atoms with Crippen LogP contribution < -0.4 is 9.47 Å². The molecule has 8 heteroatoms. The monoisotopic (exact) mass is 480 g/mol. The number of nitrogens with zero attached hydrogens (tertiary/aromatic N) is 2. The molecule has 1 aromatic heterocycles. The predicted octanol–water partition coefficient (Wildman–Crippen LogP) is 3.58. The smallest absolute Gasteiger partial charge is 0.228 e. The molecule has 1 fully saturated rings. The van der Waals surface area contributed by atoms with Crippen LogP contribution in [-0.2, 0) is 22.6 Å². The minimum Gasteiger partial charge on any atom is -0.493 e. The lowest BCUT2D eigenvalue weighted by Crippen LogP contribution is -2.34. The zero-order valence-electron chi connectivity index (χ0n) is 16.8. The van der Waals surface area contributed by atoms with Gasteiger partial charge in [0.2, 0.25) is 11.8 Å². The molecule has 0 saturated carbocycles. The highest BCUT2D eigenvalue weighted by Gasteiger charge is 2.35. The number of amides is 2. The molecule has 1 atom stereocenters. The highest BCUT2D eigenvalue weighted by atomic mass is 79.9. The Hall–Kier alpha value is -2.06. The minimum absolute atomic E-state index is 0.0245. The Morgan fingerprint density at radius 1 is 1.28 bits per heavy atom. The van der Waals surface area contributed by atoms with Gasteiger partial charge >= 0.3 is 0 Å². The summed E-state index contributed by atoms with van der Waals surface area (Å²) in [4.78, 5) is 29.8. The molecular formula is C21H25BrN2O4S. The maximum atomic E-state index is 12.8. The van der Waals surface area contributed by atoms with Gasteiger partial charge in [0.15, 0.2) is 11.5 Å². The summed E-state index contributed by atoms with van der Waals surface area (Å²) < 4.78 is 11.6. The normalized spacial score (nSPS) is 16.2. The van der Waals surface area contributed by atoms with E-state index in [0.717, 1.165) is 14.9 Å². The van der Waals surface area contributed by atoms with E-state index in [-0.39, 0.29) is 24.2 Å². The van der Waals surface area contributed by atoms with E-state index < -0.39 is 0 Å². The van der Waals surface area contributed by atoms with Crippen LogP contribution in [0.5, 0.6) is 11.5 Å². The van der Waals surface area contributed by atoms with E-state index in [4.69, 9.17) is 9.47 Å². The number of benzene rings is 1. The molecule has 1 aliphatic rings. The number of thiophene rings is 1. The first-order chi connectivity index (χ1) is 13.9. The first kappa shape index (κ1) is 21.6. The van der Waals surface area contributed by atoms with Crippen LogP contribution in [0.3, 0.4) is 0 Å². The topological polar surface area (TPSA) is 59.1 Å². The molecule has 0 bridgehead atoms. The molecule has 1 unspecified atom stereocenters. The average Bonchev–Trinajstić information content (AvgIpc) is 3.30. The summed E-state index contributed by atoms with van der Waals surface area (Å²) in [5.74, 6) is 1.14. The van der Waals surface area contributed by atoms with Gasteiger partial charge in [0.1, 0.15) is 0 Å². The standard InChI is InChI=1S/C21H25BrN2O4S/c1-23(12-17-10-16(22)13-29-17)21(26)15-9-20(25)24(11-15)7-6-14-4-5-18(27-2)19(8-14)28-3/h4-5,8,10,13,15H,6-7,9,11-12H2,1-3H3. The lowest BCUT2D eigenvalue weighted by Gasteiger charge is -2.21. The fourth-order valence-electron chi connectivity index (χ4n) is 3.51. The number of likely N-dealkylation sites (tertiary alicyclic amines) is 1. The molecule has 3 rings (SSSR count).